The van der Waals surface area contributed by atoms with Crippen molar-refractivity contribution < 1.29 is 13.2 Å². The van der Waals surface area contributed by atoms with Crippen LogP contribution in [0, 0.1) is 0 Å². The summed E-state index contributed by atoms with van der Waals surface area (Å²) in [5.41, 5.74) is 0.0696. The molecule has 2 rings (SSSR count). The second-order valence-electron chi connectivity index (χ2n) is 4.01. The predicted molar refractivity (Wildman–Crippen MR) is 54.1 cm³/mol. The molecule has 1 aromatic heterocycles. The molecule has 2 heterocycles. The molecule has 2 nitrogen and oxygen atoms in total. The lowest BCUT2D eigenvalue weighted by Gasteiger charge is -2.22. The van der Waals surface area contributed by atoms with Gasteiger partial charge in [-0.05, 0) is 31.5 Å². The summed E-state index contributed by atoms with van der Waals surface area (Å²) < 4.78 is 36.9. The van der Waals surface area contributed by atoms with Crippen molar-refractivity contribution in [3.05, 3.63) is 29.6 Å². The standard InChI is InChI=1S/C11H13F3N2/c12-11(13,14)9-3-4-10(16-7-9)8-2-1-5-15-6-8/h3-4,7-8,15H,1-2,5-6H2. The van der Waals surface area contributed by atoms with Gasteiger partial charge >= 0.3 is 6.18 Å². The van der Waals surface area contributed by atoms with E-state index < -0.39 is 11.7 Å². The summed E-state index contributed by atoms with van der Waals surface area (Å²) >= 11 is 0. The van der Waals surface area contributed by atoms with Gasteiger partial charge in [-0.1, -0.05) is 0 Å². The lowest BCUT2D eigenvalue weighted by molar-refractivity contribution is -0.137. The minimum atomic E-state index is -4.30. The van der Waals surface area contributed by atoms with Gasteiger partial charge in [0.05, 0.1) is 5.56 Å². The summed E-state index contributed by atoms with van der Waals surface area (Å²) in [6.07, 6.45) is -1.33. The molecule has 1 aromatic rings. The van der Waals surface area contributed by atoms with Crippen molar-refractivity contribution in [2.24, 2.45) is 0 Å². The number of hydrogen-bond donors (Lipinski definition) is 1. The van der Waals surface area contributed by atoms with Gasteiger partial charge < -0.3 is 5.32 Å². The van der Waals surface area contributed by atoms with Crippen LogP contribution in [0.3, 0.4) is 0 Å². The first-order valence-electron chi connectivity index (χ1n) is 5.31. The highest BCUT2D eigenvalue weighted by Crippen LogP contribution is 2.29. The number of hydrogen-bond acceptors (Lipinski definition) is 2. The Labute approximate surface area is 91.9 Å². The Balaban J connectivity index is 2.12. The molecule has 88 valence electrons. The van der Waals surface area contributed by atoms with Gasteiger partial charge in [0.1, 0.15) is 0 Å². The summed E-state index contributed by atoms with van der Waals surface area (Å²) in [4.78, 5) is 3.91. The second-order valence-corrected chi connectivity index (χ2v) is 4.01. The normalized spacial score (nSPS) is 22.1. The smallest absolute Gasteiger partial charge is 0.316 e. The van der Waals surface area contributed by atoms with Crippen LogP contribution in [0.2, 0.25) is 0 Å². The van der Waals surface area contributed by atoms with Crippen LogP contribution in [-0.2, 0) is 6.18 Å². The van der Waals surface area contributed by atoms with Gasteiger partial charge in [-0.15, -0.1) is 0 Å². The summed E-state index contributed by atoms with van der Waals surface area (Å²) in [6.45, 7) is 1.79. The maximum absolute atomic E-state index is 12.3. The number of piperidine rings is 1. The Bertz CT molecular complexity index is 339. The van der Waals surface area contributed by atoms with Gasteiger partial charge in [0.2, 0.25) is 0 Å². The molecule has 1 unspecified atom stereocenters. The molecule has 0 amide bonds. The Morgan fingerprint density at radius 2 is 2.12 bits per heavy atom. The molecular weight excluding hydrogens is 217 g/mol. The zero-order valence-electron chi connectivity index (χ0n) is 8.72. The topological polar surface area (TPSA) is 24.9 Å². The highest BCUT2D eigenvalue weighted by Gasteiger charge is 2.31. The van der Waals surface area contributed by atoms with Crippen LogP contribution in [0.1, 0.15) is 30.0 Å². The monoisotopic (exact) mass is 230 g/mol. The van der Waals surface area contributed by atoms with Crippen LogP contribution in [0.4, 0.5) is 13.2 Å². The fourth-order valence-corrected chi connectivity index (χ4v) is 1.92. The predicted octanol–water partition coefficient (Wildman–Crippen LogP) is 2.57. The van der Waals surface area contributed by atoms with Gasteiger partial charge in [0.15, 0.2) is 0 Å². The molecule has 1 N–H and O–H groups in total. The minimum Gasteiger partial charge on any atom is -0.316 e. The van der Waals surface area contributed by atoms with Gasteiger partial charge in [-0.2, -0.15) is 13.2 Å². The van der Waals surface area contributed by atoms with Crippen molar-refractivity contribution in [1.29, 1.82) is 0 Å². The number of halogens is 3. The quantitative estimate of drug-likeness (QED) is 0.802. The zero-order chi connectivity index (χ0) is 11.6. The number of aromatic nitrogens is 1. The van der Waals surface area contributed by atoms with Crippen LogP contribution >= 0.6 is 0 Å². The number of rotatable bonds is 1. The molecule has 1 saturated heterocycles. The molecule has 0 spiro atoms. The van der Waals surface area contributed by atoms with Crippen LogP contribution in [0.15, 0.2) is 18.3 Å². The number of pyridine rings is 1. The number of nitrogens with zero attached hydrogens (tertiary/aromatic N) is 1. The molecule has 0 saturated carbocycles. The van der Waals surface area contributed by atoms with Crippen molar-refractivity contribution in [3.8, 4) is 0 Å². The molecular formula is C11H13F3N2. The van der Waals surface area contributed by atoms with Gasteiger partial charge in [-0.25, -0.2) is 0 Å². The van der Waals surface area contributed by atoms with Crippen molar-refractivity contribution >= 4 is 0 Å². The van der Waals surface area contributed by atoms with E-state index in [9.17, 15) is 13.2 Å². The van der Waals surface area contributed by atoms with Gasteiger partial charge in [0.25, 0.3) is 0 Å². The lowest BCUT2D eigenvalue weighted by Crippen LogP contribution is -2.28. The third-order valence-electron chi connectivity index (χ3n) is 2.83. The maximum atomic E-state index is 12.3. The summed E-state index contributed by atoms with van der Waals surface area (Å²) in [7, 11) is 0. The Hall–Kier alpha value is -1.10. The van der Waals surface area contributed by atoms with Crippen molar-refractivity contribution in [2.75, 3.05) is 13.1 Å². The van der Waals surface area contributed by atoms with E-state index >= 15 is 0 Å². The second kappa shape index (κ2) is 4.41. The maximum Gasteiger partial charge on any atom is 0.417 e. The first kappa shape index (κ1) is 11.4. The van der Waals surface area contributed by atoms with Crippen molar-refractivity contribution in [2.45, 2.75) is 24.9 Å². The Kier molecular flexibility index (Phi) is 3.14. The molecule has 1 aliphatic heterocycles. The van der Waals surface area contributed by atoms with E-state index in [1.807, 2.05) is 0 Å². The average molecular weight is 230 g/mol. The van der Waals surface area contributed by atoms with Crippen LogP contribution in [0.5, 0.6) is 0 Å². The largest absolute Gasteiger partial charge is 0.417 e. The van der Waals surface area contributed by atoms with E-state index in [0.29, 0.717) is 0 Å². The highest BCUT2D eigenvalue weighted by molar-refractivity contribution is 5.19. The van der Waals surface area contributed by atoms with Crippen molar-refractivity contribution in [3.63, 3.8) is 0 Å². The van der Waals surface area contributed by atoms with Gasteiger partial charge in [-0.3, -0.25) is 4.98 Å². The lowest BCUT2D eigenvalue weighted by atomic mass is 9.95. The number of alkyl halides is 3. The average Bonchev–Trinajstić information content (AvgIpc) is 2.29. The Morgan fingerprint density at radius 1 is 1.31 bits per heavy atom. The number of nitrogens with one attached hydrogen (secondary N) is 1. The molecule has 0 bridgehead atoms. The molecule has 1 aliphatic rings. The minimum absolute atomic E-state index is 0.246. The van der Waals surface area contributed by atoms with E-state index in [-0.39, 0.29) is 5.92 Å². The summed E-state index contributed by atoms with van der Waals surface area (Å²) in [6, 6.07) is 2.59. The van der Waals surface area contributed by atoms with Crippen LogP contribution < -0.4 is 5.32 Å². The molecule has 0 aliphatic carbocycles. The van der Waals surface area contributed by atoms with E-state index in [1.165, 1.54) is 6.07 Å². The molecule has 5 heteroatoms. The molecule has 0 radical (unpaired) electrons. The first-order chi connectivity index (χ1) is 7.57. The van der Waals surface area contributed by atoms with Crippen molar-refractivity contribution in [1.82, 2.24) is 10.3 Å². The highest BCUT2D eigenvalue weighted by atomic mass is 19.4. The molecule has 1 atom stereocenters. The third kappa shape index (κ3) is 2.52. The van der Waals surface area contributed by atoms with E-state index in [2.05, 4.69) is 10.3 Å². The Morgan fingerprint density at radius 3 is 2.62 bits per heavy atom. The van der Waals surface area contributed by atoms with Crippen LogP contribution in [0.25, 0.3) is 0 Å². The molecule has 1 fully saturated rings. The summed E-state index contributed by atoms with van der Waals surface area (Å²) in [5, 5.41) is 3.22. The molecule has 0 aromatic carbocycles. The molecule has 16 heavy (non-hydrogen) atoms. The third-order valence-corrected chi connectivity index (χ3v) is 2.83. The van der Waals surface area contributed by atoms with E-state index in [1.54, 1.807) is 0 Å². The summed E-state index contributed by atoms with van der Waals surface area (Å²) in [5.74, 6) is 0.246. The van der Waals surface area contributed by atoms with Crippen LogP contribution in [-0.4, -0.2) is 18.1 Å². The zero-order valence-corrected chi connectivity index (χ0v) is 8.72. The SMILES string of the molecule is FC(F)(F)c1ccc(C2CCCNC2)nc1. The van der Waals surface area contributed by atoms with E-state index in [0.717, 1.165) is 43.9 Å². The fourth-order valence-electron chi connectivity index (χ4n) is 1.92. The van der Waals surface area contributed by atoms with E-state index in [4.69, 9.17) is 0 Å². The first-order valence-corrected chi connectivity index (χ1v) is 5.31. The van der Waals surface area contributed by atoms with Gasteiger partial charge in [0, 0.05) is 24.4 Å². The fraction of sp³-hybridized carbons (Fsp3) is 0.545.